The minimum atomic E-state index is -3.16. The normalized spacial score (nSPS) is 20.3. The van der Waals surface area contributed by atoms with Crippen molar-refractivity contribution < 1.29 is 22.7 Å². The molecule has 0 aliphatic carbocycles. The zero-order valence-electron chi connectivity index (χ0n) is 19.6. The Labute approximate surface area is 218 Å². The lowest BCUT2D eigenvalue weighted by Crippen LogP contribution is -2.39. The average Bonchev–Trinajstić information content (AvgIpc) is 3.54. The summed E-state index contributed by atoms with van der Waals surface area (Å²) >= 11 is 6.65. The van der Waals surface area contributed by atoms with Crippen molar-refractivity contribution in [3.05, 3.63) is 65.2 Å². The van der Waals surface area contributed by atoms with Gasteiger partial charge in [-0.25, -0.2) is 13.1 Å². The van der Waals surface area contributed by atoms with Crippen LogP contribution in [0.1, 0.15) is 12.0 Å². The fourth-order valence-electron chi connectivity index (χ4n) is 4.33. The lowest BCUT2D eigenvalue weighted by atomic mass is 10.1. The zero-order valence-corrected chi connectivity index (χ0v) is 22.0. The van der Waals surface area contributed by atoms with Gasteiger partial charge in [-0.05, 0) is 42.8 Å². The van der Waals surface area contributed by atoms with E-state index in [1.165, 1.54) is 16.7 Å². The topological polar surface area (TPSA) is 90.7 Å². The van der Waals surface area contributed by atoms with Crippen LogP contribution in [0.4, 0.5) is 0 Å². The number of hydrogen-bond acceptors (Lipinski definition) is 8. The highest BCUT2D eigenvalue weighted by atomic mass is 32.2. The molecule has 186 valence electrons. The minimum Gasteiger partial charge on any atom is -0.493 e. The van der Waals surface area contributed by atoms with E-state index in [0.717, 1.165) is 11.3 Å². The van der Waals surface area contributed by atoms with Crippen molar-refractivity contribution in [1.29, 1.82) is 0 Å². The molecule has 3 aromatic rings. The summed E-state index contributed by atoms with van der Waals surface area (Å²) in [6, 6.07) is 14.8. The first-order valence-electron chi connectivity index (χ1n) is 11.1. The predicted molar refractivity (Wildman–Crippen MR) is 144 cm³/mol. The smallest absolute Gasteiger partial charge is 0.266 e. The number of nitrogens with zero attached hydrogens (tertiary/aromatic N) is 3. The van der Waals surface area contributed by atoms with Crippen molar-refractivity contribution in [2.24, 2.45) is 0 Å². The number of carbonyl (C=O) groups excluding carboxylic acids is 1. The minimum absolute atomic E-state index is 0.0600. The summed E-state index contributed by atoms with van der Waals surface area (Å²) in [6.07, 6.45) is 4.01. The van der Waals surface area contributed by atoms with Crippen LogP contribution in [0.25, 0.3) is 23.0 Å². The second-order valence-corrected chi connectivity index (χ2v) is 12.3. The monoisotopic (exact) mass is 541 g/mol. The predicted octanol–water partition coefficient (Wildman–Crippen LogP) is 3.94. The number of methoxy groups -OCH3 is 2. The van der Waals surface area contributed by atoms with Gasteiger partial charge in [0.15, 0.2) is 21.3 Å². The van der Waals surface area contributed by atoms with Gasteiger partial charge in [0.05, 0.1) is 42.4 Å². The Bertz CT molecular complexity index is 1480. The highest BCUT2D eigenvalue weighted by Gasteiger charge is 2.42. The fraction of sp³-hybridized carbons (Fsp3) is 0.240. The third kappa shape index (κ3) is 4.65. The molecular weight excluding hydrogens is 518 g/mol. The van der Waals surface area contributed by atoms with Crippen LogP contribution < -0.4 is 9.47 Å². The van der Waals surface area contributed by atoms with Gasteiger partial charge in [0.1, 0.15) is 10.0 Å². The summed E-state index contributed by atoms with van der Waals surface area (Å²) in [5.41, 5.74) is 3.01. The number of ether oxygens (including phenoxy) is 2. The third-order valence-corrected chi connectivity index (χ3v) is 9.18. The number of thioether (sulfide) groups is 1. The van der Waals surface area contributed by atoms with Gasteiger partial charge in [-0.1, -0.05) is 42.2 Å². The van der Waals surface area contributed by atoms with Crippen LogP contribution >= 0.6 is 24.0 Å². The van der Waals surface area contributed by atoms with Crippen LogP contribution in [0.2, 0.25) is 0 Å². The number of amides is 1. The van der Waals surface area contributed by atoms with Gasteiger partial charge >= 0.3 is 0 Å². The molecule has 0 unspecified atom stereocenters. The van der Waals surface area contributed by atoms with E-state index in [4.69, 9.17) is 26.8 Å². The summed E-state index contributed by atoms with van der Waals surface area (Å²) in [4.78, 5) is 15.2. The SMILES string of the molecule is COc1ccc(-c2nn(-c3ccccc3)cc2/C=C2\SC(=S)N([C@H]3CCS(=O)(=O)C3)C2=O)cc1OC. The van der Waals surface area contributed by atoms with Crippen molar-refractivity contribution in [3.63, 3.8) is 0 Å². The van der Waals surface area contributed by atoms with Crippen molar-refractivity contribution in [1.82, 2.24) is 14.7 Å². The van der Waals surface area contributed by atoms with E-state index in [1.54, 1.807) is 31.0 Å². The Kier molecular flexibility index (Phi) is 6.62. The summed E-state index contributed by atoms with van der Waals surface area (Å²) in [7, 11) is -0.0131. The van der Waals surface area contributed by atoms with Crippen LogP contribution in [0, 0.1) is 0 Å². The van der Waals surface area contributed by atoms with Crippen molar-refractivity contribution in [2.75, 3.05) is 25.7 Å². The fourth-order valence-corrected chi connectivity index (χ4v) is 7.42. The number of benzene rings is 2. The molecule has 1 amide bonds. The molecule has 36 heavy (non-hydrogen) atoms. The number of sulfone groups is 1. The van der Waals surface area contributed by atoms with E-state index in [-0.39, 0.29) is 17.4 Å². The van der Waals surface area contributed by atoms with Gasteiger partial charge in [0.25, 0.3) is 5.91 Å². The maximum atomic E-state index is 13.3. The Hall–Kier alpha value is -3.15. The number of carbonyl (C=O) groups is 1. The van der Waals surface area contributed by atoms with Crippen LogP contribution in [0.3, 0.4) is 0 Å². The molecule has 0 bridgehead atoms. The molecule has 1 aromatic heterocycles. The summed E-state index contributed by atoms with van der Waals surface area (Å²) in [5.74, 6) is 0.885. The first-order chi connectivity index (χ1) is 17.3. The van der Waals surface area contributed by atoms with Crippen LogP contribution in [-0.2, 0) is 14.6 Å². The standard InChI is InChI=1S/C25H23N3O5S3/c1-32-20-9-8-16(12-21(20)33-2)23-17(14-27(26-23)18-6-4-3-5-7-18)13-22-24(29)28(25(34)35-22)19-10-11-36(30,31)15-19/h3-9,12-14,19H,10-11,15H2,1-2H3/b22-13-/t19-/m0/s1. The maximum absolute atomic E-state index is 13.3. The molecule has 0 saturated carbocycles. The van der Waals surface area contributed by atoms with Crippen molar-refractivity contribution in [3.8, 4) is 28.4 Å². The molecule has 3 heterocycles. The summed E-state index contributed by atoms with van der Waals surface area (Å²) in [6.45, 7) is 0. The highest BCUT2D eigenvalue weighted by Crippen LogP contribution is 2.39. The molecule has 5 rings (SSSR count). The van der Waals surface area contributed by atoms with Gasteiger partial charge in [0, 0.05) is 17.3 Å². The van der Waals surface area contributed by atoms with E-state index in [1.807, 2.05) is 48.7 Å². The lowest BCUT2D eigenvalue weighted by molar-refractivity contribution is -0.123. The number of hydrogen-bond donors (Lipinski definition) is 0. The maximum Gasteiger partial charge on any atom is 0.266 e. The largest absolute Gasteiger partial charge is 0.493 e. The second-order valence-electron chi connectivity index (χ2n) is 8.39. The second kappa shape index (κ2) is 9.72. The molecule has 0 spiro atoms. The summed E-state index contributed by atoms with van der Waals surface area (Å²) < 4.78 is 36.9. The van der Waals surface area contributed by atoms with Crippen molar-refractivity contribution in [2.45, 2.75) is 12.5 Å². The molecule has 2 fully saturated rings. The van der Waals surface area contributed by atoms with E-state index in [2.05, 4.69) is 0 Å². The highest BCUT2D eigenvalue weighted by molar-refractivity contribution is 8.26. The molecular formula is C25H23N3O5S3. The zero-order chi connectivity index (χ0) is 25.4. The average molecular weight is 542 g/mol. The van der Waals surface area contributed by atoms with Gasteiger partial charge in [0.2, 0.25) is 0 Å². The van der Waals surface area contributed by atoms with Crippen LogP contribution in [0.5, 0.6) is 11.5 Å². The Morgan fingerprint density at radius 2 is 1.86 bits per heavy atom. The quantitative estimate of drug-likeness (QED) is 0.342. The van der Waals surface area contributed by atoms with Gasteiger partial charge in [-0.2, -0.15) is 5.10 Å². The van der Waals surface area contributed by atoms with E-state index in [0.29, 0.717) is 38.4 Å². The third-order valence-electron chi connectivity index (χ3n) is 6.10. The van der Waals surface area contributed by atoms with Gasteiger partial charge in [-0.3, -0.25) is 9.69 Å². The van der Waals surface area contributed by atoms with E-state index in [9.17, 15) is 13.2 Å². The molecule has 0 radical (unpaired) electrons. The first-order valence-corrected chi connectivity index (χ1v) is 14.2. The van der Waals surface area contributed by atoms with E-state index >= 15 is 0 Å². The molecule has 2 saturated heterocycles. The molecule has 1 atom stereocenters. The van der Waals surface area contributed by atoms with Crippen LogP contribution in [-0.4, -0.2) is 65.1 Å². The van der Waals surface area contributed by atoms with Gasteiger partial charge in [-0.15, -0.1) is 0 Å². The van der Waals surface area contributed by atoms with E-state index < -0.39 is 15.9 Å². The lowest BCUT2D eigenvalue weighted by Gasteiger charge is -2.20. The molecule has 11 heteroatoms. The number of thiocarbonyl (C=S) groups is 1. The number of para-hydroxylation sites is 1. The molecule has 0 N–H and O–H groups in total. The number of rotatable bonds is 6. The Morgan fingerprint density at radius 3 is 2.53 bits per heavy atom. The first kappa shape index (κ1) is 24.5. The van der Waals surface area contributed by atoms with Crippen molar-refractivity contribution >= 4 is 50.1 Å². The van der Waals surface area contributed by atoms with Crippen LogP contribution in [0.15, 0.2) is 59.6 Å². The molecule has 2 aromatic carbocycles. The van der Waals surface area contributed by atoms with Gasteiger partial charge < -0.3 is 9.47 Å². The molecule has 2 aliphatic rings. The Balaban J connectivity index is 1.57. The molecule has 2 aliphatic heterocycles. The molecule has 8 nitrogen and oxygen atoms in total. The summed E-state index contributed by atoms with van der Waals surface area (Å²) in [5, 5.41) is 4.81. The number of aromatic nitrogens is 2. The Morgan fingerprint density at radius 1 is 1.11 bits per heavy atom.